The molecular weight excluding hydrogens is 424 g/mol. The fourth-order valence-electron chi connectivity index (χ4n) is 12.1. The van der Waals surface area contributed by atoms with Crippen LogP contribution in [-0.2, 0) is 4.74 Å². The Morgan fingerprint density at radius 1 is 0.765 bits per heavy atom. The van der Waals surface area contributed by atoms with Crippen LogP contribution >= 0.6 is 0 Å². The van der Waals surface area contributed by atoms with Crippen LogP contribution < -0.4 is 0 Å². The smallest absolute Gasteiger partial charge is 0.0865 e. The van der Waals surface area contributed by atoms with E-state index < -0.39 is 5.60 Å². The predicted octanol–water partition coefficient (Wildman–Crippen LogP) is 5.47. The maximum absolute atomic E-state index is 11.7. The first-order chi connectivity index (χ1) is 15.6. The van der Waals surface area contributed by atoms with Crippen molar-refractivity contribution in [2.75, 3.05) is 0 Å². The lowest BCUT2D eigenvalue weighted by Crippen LogP contribution is -2.59. The molecule has 4 nitrogen and oxygen atoms in total. The van der Waals surface area contributed by atoms with Gasteiger partial charge in [-0.05, 0) is 124 Å². The van der Waals surface area contributed by atoms with E-state index >= 15 is 0 Å². The summed E-state index contributed by atoms with van der Waals surface area (Å²) in [6.07, 6.45) is 10.5. The normalized spacial score (nSPS) is 60.2. The van der Waals surface area contributed by atoms with Crippen LogP contribution in [0.25, 0.3) is 0 Å². The summed E-state index contributed by atoms with van der Waals surface area (Å²) in [5.74, 6) is 1.42. The van der Waals surface area contributed by atoms with Crippen molar-refractivity contribution in [2.45, 2.75) is 142 Å². The second-order valence-electron chi connectivity index (χ2n) is 15.7. The molecule has 6 fully saturated rings. The van der Waals surface area contributed by atoms with Gasteiger partial charge in [0.05, 0.1) is 29.5 Å². The zero-order chi connectivity index (χ0) is 24.7. The van der Waals surface area contributed by atoms with Crippen LogP contribution in [0.3, 0.4) is 0 Å². The third-order valence-electron chi connectivity index (χ3n) is 13.8. The van der Waals surface area contributed by atoms with Crippen LogP contribution in [0.1, 0.15) is 113 Å². The molecule has 2 spiro atoms. The molecule has 6 rings (SSSR count). The summed E-state index contributed by atoms with van der Waals surface area (Å²) < 4.78 is 6.68. The van der Waals surface area contributed by atoms with Gasteiger partial charge in [0.15, 0.2) is 0 Å². The molecule has 194 valence electrons. The largest absolute Gasteiger partial charge is 0.393 e. The highest BCUT2D eigenvalue weighted by atomic mass is 16.5. The van der Waals surface area contributed by atoms with E-state index in [4.69, 9.17) is 4.74 Å². The minimum absolute atomic E-state index is 0.0172. The maximum Gasteiger partial charge on any atom is 0.0865 e. The number of hydrogen-bond donors (Lipinski definition) is 3. The molecule has 0 amide bonds. The zero-order valence-electron chi connectivity index (χ0n) is 22.8. The number of hydrogen-bond acceptors (Lipinski definition) is 4. The number of aliphatic hydroxyl groups excluding tert-OH is 2. The van der Waals surface area contributed by atoms with Crippen LogP contribution in [-0.4, -0.2) is 44.8 Å². The van der Waals surface area contributed by atoms with E-state index in [9.17, 15) is 15.3 Å². The van der Waals surface area contributed by atoms with E-state index in [0.717, 1.165) is 25.7 Å². The van der Waals surface area contributed by atoms with Crippen LogP contribution in [0.15, 0.2) is 0 Å². The van der Waals surface area contributed by atoms with Crippen molar-refractivity contribution in [3.05, 3.63) is 0 Å². The van der Waals surface area contributed by atoms with Gasteiger partial charge in [-0.3, -0.25) is 0 Å². The first kappa shape index (κ1) is 24.2. The van der Waals surface area contributed by atoms with Gasteiger partial charge in [-0.25, -0.2) is 0 Å². The van der Waals surface area contributed by atoms with Crippen LogP contribution in [0, 0.1) is 44.8 Å². The molecule has 0 aromatic rings. The van der Waals surface area contributed by atoms with Gasteiger partial charge in [0.1, 0.15) is 0 Å². The van der Waals surface area contributed by atoms with Crippen molar-refractivity contribution in [1.82, 2.24) is 0 Å². The molecule has 0 radical (unpaired) electrons. The summed E-state index contributed by atoms with van der Waals surface area (Å²) in [5.41, 5.74) is -0.205. The summed E-state index contributed by atoms with van der Waals surface area (Å²) >= 11 is 0. The standard InChI is InChI=1S/C30H50O4/c1-24(2)19-8-9-20-27(6)16-18(31)23(28(7)12-11-22(34-28)25(3,4)33)26(27,5)14-15-30(20)17-29(19,30)13-10-21(24)32/h18-23,31-33H,8-17H2,1-7H3/t18-,19-,20-,21-,22+,23-,26+,27-,28-,29+,30-/m0/s1. The minimum Gasteiger partial charge on any atom is -0.393 e. The SMILES string of the molecule is CC(C)(O)[C@H]1CC[C@@](C)([C@H]2[C@@H](O)C[C@@]3(C)[C@@H]4CC[C@H]5C(C)(C)[C@@H](O)CC[C@@]56C[C@@]46CC[C@]23C)O1. The van der Waals surface area contributed by atoms with Crippen molar-refractivity contribution in [3.63, 3.8) is 0 Å². The van der Waals surface area contributed by atoms with E-state index in [2.05, 4.69) is 34.6 Å². The Labute approximate surface area is 207 Å². The van der Waals surface area contributed by atoms with Crippen molar-refractivity contribution < 1.29 is 20.1 Å². The molecule has 3 N–H and O–H groups in total. The fraction of sp³-hybridized carbons (Fsp3) is 1.00. The third-order valence-corrected chi connectivity index (χ3v) is 13.8. The average Bonchev–Trinajstić information content (AvgIpc) is 3.11. The van der Waals surface area contributed by atoms with E-state index in [1.165, 1.54) is 38.5 Å². The highest BCUT2D eigenvalue weighted by molar-refractivity contribution is 5.31. The summed E-state index contributed by atoms with van der Waals surface area (Å²) in [7, 11) is 0. The molecule has 1 heterocycles. The van der Waals surface area contributed by atoms with Crippen LogP contribution in [0.5, 0.6) is 0 Å². The summed E-state index contributed by atoms with van der Waals surface area (Å²) in [6, 6.07) is 0. The first-order valence-corrected chi connectivity index (χ1v) is 14.3. The highest BCUT2D eigenvalue weighted by Gasteiger charge is 2.83. The van der Waals surface area contributed by atoms with Gasteiger partial charge in [0.2, 0.25) is 0 Å². The van der Waals surface area contributed by atoms with Gasteiger partial charge in [0, 0.05) is 5.92 Å². The lowest BCUT2D eigenvalue weighted by atomic mass is 9.41. The summed E-state index contributed by atoms with van der Waals surface area (Å²) in [5, 5.41) is 33.3. The van der Waals surface area contributed by atoms with Crippen molar-refractivity contribution in [2.24, 2.45) is 44.8 Å². The molecule has 4 heteroatoms. The Bertz CT molecular complexity index is 878. The first-order valence-electron chi connectivity index (χ1n) is 14.3. The van der Waals surface area contributed by atoms with E-state index in [1.807, 2.05) is 13.8 Å². The van der Waals surface area contributed by atoms with E-state index in [1.54, 1.807) is 0 Å². The fourth-order valence-corrected chi connectivity index (χ4v) is 12.1. The number of aliphatic hydroxyl groups is 3. The van der Waals surface area contributed by atoms with Crippen molar-refractivity contribution >= 4 is 0 Å². The monoisotopic (exact) mass is 474 g/mol. The predicted molar refractivity (Wildman–Crippen MR) is 133 cm³/mol. The van der Waals surface area contributed by atoms with Gasteiger partial charge in [-0.15, -0.1) is 0 Å². The molecule has 11 atom stereocenters. The molecule has 34 heavy (non-hydrogen) atoms. The van der Waals surface area contributed by atoms with Gasteiger partial charge >= 0.3 is 0 Å². The average molecular weight is 475 g/mol. The third kappa shape index (κ3) is 2.60. The quantitative estimate of drug-likeness (QED) is 0.497. The second-order valence-corrected chi connectivity index (χ2v) is 15.7. The lowest BCUT2D eigenvalue weighted by molar-refractivity contribution is -0.195. The van der Waals surface area contributed by atoms with Crippen LogP contribution in [0.4, 0.5) is 0 Å². The Kier molecular flexibility index (Phi) is 4.72. The maximum atomic E-state index is 11.7. The summed E-state index contributed by atoms with van der Waals surface area (Å²) in [6.45, 7) is 15.6. The van der Waals surface area contributed by atoms with Crippen molar-refractivity contribution in [1.29, 1.82) is 0 Å². The van der Waals surface area contributed by atoms with Gasteiger partial charge < -0.3 is 20.1 Å². The van der Waals surface area contributed by atoms with Gasteiger partial charge in [-0.2, -0.15) is 0 Å². The highest BCUT2D eigenvalue weighted by Crippen LogP contribution is 2.89. The second kappa shape index (κ2) is 6.63. The lowest BCUT2D eigenvalue weighted by Gasteiger charge is -2.63. The van der Waals surface area contributed by atoms with E-state index in [0.29, 0.717) is 22.7 Å². The molecule has 1 aliphatic heterocycles. The molecule has 5 saturated carbocycles. The Morgan fingerprint density at radius 2 is 1.41 bits per heavy atom. The molecule has 0 unspecified atom stereocenters. The molecular formula is C30H50O4. The topological polar surface area (TPSA) is 69.9 Å². The van der Waals surface area contributed by atoms with Gasteiger partial charge in [-0.1, -0.05) is 27.7 Å². The summed E-state index contributed by atoms with van der Waals surface area (Å²) in [4.78, 5) is 0. The Morgan fingerprint density at radius 3 is 2.06 bits per heavy atom. The molecule has 0 aromatic heterocycles. The minimum atomic E-state index is -0.848. The number of fused-ring (bicyclic) bond motifs is 2. The molecule has 1 saturated heterocycles. The molecule has 0 bridgehead atoms. The number of ether oxygens (including phenoxy) is 1. The van der Waals surface area contributed by atoms with Crippen molar-refractivity contribution in [3.8, 4) is 0 Å². The van der Waals surface area contributed by atoms with Gasteiger partial charge in [0.25, 0.3) is 0 Å². The Hall–Kier alpha value is -0.160. The molecule has 6 aliphatic rings. The Balaban J connectivity index is 1.34. The van der Waals surface area contributed by atoms with E-state index in [-0.39, 0.29) is 46.1 Å². The zero-order valence-corrected chi connectivity index (χ0v) is 22.8. The molecule has 5 aliphatic carbocycles. The molecule has 0 aromatic carbocycles. The van der Waals surface area contributed by atoms with Crippen LogP contribution in [0.2, 0.25) is 0 Å². The number of rotatable bonds is 2.